The zero-order valence-electron chi connectivity index (χ0n) is 9.73. The molecule has 1 atom stereocenters. The molecule has 15 heavy (non-hydrogen) atoms. The number of pyridine rings is 1. The third-order valence-electron chi connectivity index (χ3n) is 2.91. The van der Waals surface area contributed by atoms with E-state index in [1.165, 1.54) is 0 Å². The SMILES string of the molecule is CCC(CC)C(N)c1cccnc1OC. The summed E-state index contributed by atoms with van der Waals surface area (Å²) < 4.78 is 5.21. The third-order valence-corrected chi connectivity index (χ3v) is 2.91. The van der Waals surface area contributed by atoms with E-state index in [-0.39, 0.29) is 6.04 Å². The summed E-state index contributed by atoms with van der Waals surface area (Å²) in [6.45, 7) is 4.33. The number of methoxy groups -OCH3 is 1. The van der Waals surface area contributed by atoms with Crippen LogP contribution in [0.1, 0.15) is 38.3 Å². The molecule has 1 aromatic rings. The number of nitrogens with two attached hydrogens (primary N) is 1. The van der Waals surface area contributed by atoms with E-state index in [2.05, 4.69) is 18.8 Å². The van der Waals surface area contributed by atoms with Crippen LogP contribution >= 0.6 is 0 Å². The molecule has 0 aliphatic rings. The van der Waals surface area contributed by atoms with E-state index in [4.69, 9.17) is 10.5 Å². The second-order valence-corrected chi connectivity index (χ2v) is 3.70. The molecule has 0 amide bonds. The summed E-state index contributed by atoms with van der Waals surface area (Å²) in [5.41, 5.74) is 7.22. The van der Waals surface area contributed by atoms with Gasteiger partial charge in [-0.15, -0.1) is 0 Å². The monoisotopic (exact) mass is 208 g/mol. The molecule has 0 fully saturated rings. The number of ether oxygens (including phenoxy) is 1. The Morgan fingerprint density at radius 1 is 1.40 bits per heavy atom. The summed E-state index contributed by atoms with van der Waals surface area (Å²) >= 11 is 0. The van der Waals surface area contributed by atoms with Crippen molar-refractivity contribution in [3.63, 3.8) is 0 Å². The predicted molar refractivity (Wildman–Crippen MR) is 61.8 cm³/mol. The summed E-state index contributed by atoms with van der Waals surface area (Å²) in [5, 5.41) is 0. The zero-order chi connectivity index (χ0) is 11.3. The maximum atomic E-state index is 6.22. The van der Waals surface area contributed by atoms with Gasteiger partial charge in [-0.05, 0) is 12.0 Å². The van der Waals surface area contributed by atoms with E-state index in [0.717, 1.165) is 18.4 Å². The minimum absolute atomic E-state index is 0.0173. The first-order valence-electron chi connectivity index (χ1n) is 5.49. The van der Waals surface area contributed by atoms with Gasteiger partial charge in [0.05, 0.1) is 7.11 Å². The minimum Gasteiger partial charge on any atom is -0.481 e. The number of hydrogen-bond acceptors (Lipinski definition) is 3. The van der Waals surface area contributed by atoms with Crippen LogP contribution in [0.5, 0.6) is 5.88 Å². The highest BCUT2D eigenvalue weighted by Gasteiger charge is 2.19. The molecule has 1 unspecified atom stereocenters. The highest BCUT2D eigenvalue weighted by Crippen LogP contribution is 2.29. The van der Waals surface area contributed by atoms with E-state index < -0.39 is 0 Å². The Morgan fingerprint density at radius 2 is 2.07 bits per heavy atom. The highest BCUT2D eigenvalue weighted by molar-refractivity contribution is 5.29. The van der Waals surface area contributed by atoms with Gasteiger partial charge < -0.3 is 10.5 Å². The lowest BCUT2D eigenvalue weighted by Crippen LogP contribution is -2.21. The lowest BCUT2D eigenvalue weighted by atomic mass is 9.90. The fourth-order valence-electron chi connectivity index (χ4n) is 1.88. The lowest BCUT2D eigenvalue weighted by molar-refractivity contribution is 0.360. The van der Waals surface area contributed by atoms with Crippen molar-refractivity contribution in [1.82, 2.24) is 4.98 Å². The molecule has 84 valence electrons. The first kappa shape index (κ1) is 12.0. The molecule has 0 aromatic carbocycles. The van der Waals surface area contributed by atoms with E-state index in [9.17, 15) is 0 Å². The molecule has 1 heterocycles. The molecule has 0 saturated heterocycles. The molecule has 1 rings (SSSR count). The van der Waals surface area contributed by atoms with Crippen LogP contribution < -0.4 is 10.5 Å². The fourth-order valence-corrected chi connectivity index (χ4v) is 1.88. The first-order valence-corrected chi connectivity index (χ1v) is 5.49. The molecule has 3 nitrogen and oxygen atoms in total. The van der Waals surface area contributed by atoms with Crippen LogP contribution in [0, 0.1) is 5.92 Å². The molecule has 0 aliphatic carbocycles. The van der Waals surface area contributed by atoms with Crippen LogP contribution in [0.3, 0.4) is 0 Å². The van der Waals surface area contributed by atoms with Crippen molar-refractivity contribution in [2.45, 2.75) is 32.7 Å². The fraction of sp³-hybridized carbons (Fsp3) is 0.583. The van der Waals surface area contributed by atoms with Crippen molar-refractivity contribution in [1.29, 1.82) is 0 Å². The molecule has 3 heteroatoms. The number of rotatable bonds is 5. The number of aromatic nitrogens is 1. The van der Waals surface area contributed by atoms with Crippen molar-refractivity contribution in [3.8, 4) is 5.88 Å². The van der Waals surface area contributed by atoms with Gasteiger partial charge in [-0.1, -0.05) is 32.8 Å². The Balaban J connectivity index is 2.93. The average Bonchev–Trinajstić information content (AvgIpc) is 2.30. The maximum Gasteiger partial charge on any atom is 0.217 e. The largest absolute Gasteiger partial charge is 0.481 e. The summed E-state index contributed by atoms with van der Waals surface area (Å²) in [6.07, 6.45) is 3.88. The van der Waals surface area contributed by atoms with Crippen molar-refractivity contribution in [3.05, 3.63) is 23.9 Å². The normalized spacial score (nSPS) is 12.9. The summed E-state index contributed by atoms with van der Waals surface area (Å²) in [5.74, 6) is 1.14. The predicted octanol–water partition coefficient (Wildman–Crippen LogP) is 2.53. The van der Waals surface area contributed by atoms with Gasteiger partial charge in [-0.3, -0.25) is 0 Å². The quantitative estimate of drug-likeness (QED) is 0.808. The standard InChI is InChI=1S/C12H20N2O/c1-4-9(5-2)11(13)10-7-6-8-14-12(10)15-3/h6-9,11H,4-5,13H2,1-3H3. The molecule has 2 N–H and O–H groups in total. The van der Waals surface area contributed by atoms with Gasteiger partial charge in [-0.25, -0.2) is 4.98 Å². The molecular weight excluding hydrogens is 188 g/mol. The summed E-state index contributed by atoms with van der Waals surface area (Å²) in [7, 11) is 1.63. The van der Waals surface area contributed by atoms with Gasteiger partial charge in [0.15, 0.2) is 0 Å². The smallest absolute Gasteiger partial charge is 0.217 e. The molecule has 0 radical (unpaired) electrons. The van der Waals surface area contributed by atoms with Crippen molar-refractivity contribution in [2.24, 2.45) is 11.7 Å². The topological polar surface area (TPSA) is 48.1 Å². The molecule has 0 bridgehead atoms. The molecular formula is C12H20N2O. The van der Waals surface area contributed by atoms with Crippen LogP contribution in [0.15, 0.2) is 18.3 Å². The third kappa shape index (κ3) is 2.69. The van der Waals surface area contributed by atoms with Gasteiger partial charge in [0.1, 0.15) is 0 Å². The van der Waals surface area contributed by atoms with E-state index >= 15 is 0 Å². The van der Waals surface area contributed by atoms with Gasteiger partial charge in [-0.2, -0.15) is 0 Å². The Kier molecular flexibility index (Phi) is 4.56. The van der Waals surface area contributed by atoms with Crippen LogP contribution in [0.4, 0.5) is 0 Å². The zero-order valence-corrected chi connectivity index (χ0v) is 9.73. The van der Waals surface area contributed by atoms with Crippen LogP contribution in [0.2, 0.25) is 0 Å². The van der Waals surface area contributed by atoms with Crippen molar-refractivity contribution >= 4 is 0 Å². The molecule has 1 aromatic heterocycles. The molecule has 0 saturated carbocycles. The number of nitrogens with zero attached hydrogens (tertiary/aromatic N) is 1. The van der Waals surface area contributed by atoms with E-state index in [1.54, 1.807) is 13.3 Å². The first-order chi connectivity index (χ1) is 7.24. The average molecular weight is 208 g/mol. The lowest BCUT2D eigenvalue weighted by Gasteiger charge is -2.22. The Hall–Kier alpha value is -1.09. The summed E-state index contributed by atoms with van der Waals surface area (Å²) in [4.78, 5) is 4.17. The second-order valence-electron chi connectivity index (χ2n) is 3.70. The minimum atomic E-state index is 0.0173. The van der Waals surface area contributed by atoms with E-state index in [1.807, 2.05) is 12.1 Å². The van der Waals surface area contributed by atoms with Gasteiger partial charge in [0.2, 0.25) is 5.88 Å². The van der Waals surface area contributed by atoms with Crippen molar-refractivity contribution in [2.75, 3.05) is 7.11 Å². The van der Waals surface area contributed by atoms with Gasteiger partial charge >= 0.3 is 0 Å². The molecule has 0 spiro atoms. The Labute approximate surface area is 91.7 Å². The Morgan fingerprint density at radius 3 is 2.60 bits per heavy atom. The Bertz CT molecular complexity index is 297. The van der Waals surface area contributed by atoms with E-state index in [0.29, 0.717) is 11.8 Å². The molecule has 0 aliphatic heterocycles. The number of hydrogen-bond donors (Lipinski definition) is 1. The highest BCUT2D eigenvalue weighted by atomic mass is 16.5. The van der Waals surface area contributed by atoms with Crippen molar-refractivity contribution < 1.29 is 4.74 Å². The summed E-state index contributed by atoms with van der Waals surface area (Å²) in [6, 6.07) is 3.91. The van der Waals surface area contributed by atoms with Crippen LogP contribution in [0.25, 0.3) is 0 Å². The van der Waals surface area contributed by atoms with Gasteiger partial charge in [0, 0.05) is 17.8 Å². The maximum absolute atomic E-state index is 6.22. The van der Waals surface area contributed by atoms with Gasteiger partial charge in [0.25, 0.3) is 0 Å². The van der Waals surface area contributed by atoms with Crippen LogP contribution in [-0.4, -0.2) is 12.1 Å². The second kappa shape index (κ2) is 5.71. The van der Waals surface area contributed by atoms with Crippen LogP contribution in [-0.2, 0) is 0 Å².